The van der Waals surface area contributed by atoms with Crippen LogP contribution in [0.2, 0.25) is 0 Å². The lowest BCUT2D eigenvalue weighted by Gasteiger charge is -2.05. The molecule has 0 bridgehead atoms. The summed E-state index contributed by atoms with van der Waals surface area (Å²) in [6.45, 7) is 0.436. The second-order valence-corrected chi connectivity index (χ2v) is 5.21. The van der Waals surface area contributed by atoms with Crippen molar-refractivity contribution in [3.63, 3.8) is 0 Å². The highest BCUT2D eigenvalue weighted by Gasteiger charge is 2.12. The average Bonchev–Trinajstić information content (AvgIpc) is 2.83. The normalized spacial score (nSPS) is 10.8. The predicted octanol–water partition coefficient (Wildman–Crippen LogP) is 1.87. The Morgan fingerprint density at radius 1 is 1.13 bits per heavy atom. The van der Waals surface area contributed by atoms with Crippen LogP contribution in [0.3, 0.4) is 0 Å². The van der Waals surface area contributed by atoms with Gasteiger partial charge in [0, 0.05) is 19.8 Å². The van der Waals surface area contributed by atoms with Crippen LogP contribution in [-0.2, 0) is 29.7 Å². The molecule has 0 unspecified atom stereocenters. The molecule has 23 heavy (non-hydrogen) atoms. The molecule has 0 radical (unpaired) electrons. The number of pyridine rings is 1. The van der Waals surface area contributed by atoms with E-state index in [1.54, 1.807) is 34.5 Å². The van der Waals surface area contributed by atoms with Crippen LogP contribution in [0.1, 0.15) is 12.1 Å². The molecule has 0 fully saturated rings. The molecular weight excluding hydrogens is 294 g/mol. The van der Waals surface area contributed by atoms with E-state index in [1.165, 1.54) is 0 Å². The van der Waals surface area contributed by atoms with Crippen molar-refractivity contribution in [2.45, 2.75) is 19.6 Å². The number of benzene rings is 1. The number of ether oxygens (including phenoxy) is 1. The Morgan fingerprint density at radius 2 is 1.87 bits per heavy atom. The van der Waals surface area contributed by atoms with Gasteiger partial charge in [0.05, 0.1) is 23.1 Å². The van der Waals surface area contributed by atoms with Gasteiger partial charge >= 0.3 is 11.7 Å². The minimum atomic E-state index is -0.351. The second-order valence-electron chi connectivity index (χ2n) is 5.21. The van der Waals surface area contributed by atoms with Gasteiger partial charge in [0.2, 0.25) is 0 Å². The molecule has 3 aromatic rings. The molecule has 118 valence electrons. The van der Waals surface area contributed by atoms with Gasteiger partial charge in [-0.3, -0.25) is 18.9 Å². The molecule has 6 heteroatoms. The Morgan fingerprint density at radius 3 is 2.61 bits per heavy atom. The van der Waals surface area contributed by atoms with Crippen molar-refractivity contribution in [1.82, 2.24) is 14.1 Å². The molecule has 0 amide bonds. The lowest BCUT2D eigenvalue weighted by molar-refractivity contribution is -0.145. The summed E-state index contributed by atoms with van der Waals surface area (Å²) < 4.78 is 8.36. The summed E-state index contributed by atoms with van der Waals surface area (Å²) in [7, 11) is 1.72. The summed E-state index contributed by atoms with van der Waals surface area (Å²) in [6, 6.07) is 12.9. The number of para-hydroxylation sites is 2. The Balaban J connectivity index is 1.66. The number of nitrogens with zero attached hydrogens (tertiary/aromatic N) is 3. The lowest BCUT2D eigenvalue weighted by Crippen LogP contribution is -2.23. The Kier molecular flexibility index (Phi) is 4.23. The standard InChI is InChI=1S/C17H17N3O3/c1-19-14-7-2-3-8-15(14)20(17(19)22)11-9-16(21)23-12-13-6-4-5-10-18-13/h2-8,10H,9,11-12H2,1H3. The van der Waals surface area contributed by atoms with E-state index >= 15 is 0 Å². The second kappa shape index (κ2) is 6.48. The number of hydrogen-bond donors (Lipinski definition) is 0. The molecule has 0 spiro atoms. The maximum Gasteiger partial charge on any atom is 0.328 e. The van der Waals surface area contributed by atoms with Crippen LogP contribution in [0.5, 0.6) is 0 Å². The van der Waals surface area contributed by atoms with Crippen molar-refractivity contribution in [2.75, 3.05) is 0 Å². The van der Waals surface area contributed by atoms with Crippen LogP contribution < -0.4 is 5.69 Å². The maximum absolute atomic E-state index is 12.2. The van der Waals surface area contributed by atoms with Crippen molar-refractivity contribution in [1.29, 1.82) is 0 Å². The Hall–Kier alpha value is -2.89. The first-order chi connectivity index (χ1) is 11.2. The minimum absolute atomic E-state index is 0.135. The highest BCUT2D eigenvalue weighted by atomic mass is 16.5. The molecule has 1 aromatic carbocycles. The van der Waals surface area contributed by atoms with Gasteiger partial charge in [-0.1, -0.05) is 18.2 Å². The summed E-state index contributed by atoms with van der Waals surface area (Å²) in [5, 5.41) is 0. The fourth-order valence-corrected chi connectivity index (χ4v) is 2.49. The first-order valence-corrected chi connectivity index (χ1v) is 7.36. The molecule has 3 rings (SSSR count). The average molecular weight is 311 g/mol. The molecule has 0 atom stereocenters. The first kappa shape index (κ1) is 15.0. The van der Waals surface area contributed by atoms with Gasteiger partial charge in [0.15, 0.2) is 0 Å². The molecule has 0 N–H and O–H groups in total. The number of rotatable bonds is 5. The van der Waals surface area contributed by atoms with Gasteiger partial charge < -0.3 is 4.74 Å². The van der Waals surface area contributed by atoms with Crippen LogP contribution >= 0.6 is 0 Å². The lowest BCUT2D eigenvalue weighted by atomic mass is 10.3. The summed E-state index contributed by atoms with van der Waals surface area (Å²) in [5.41, 5.74) is 2.23. The van der Waals surface area contributed by atoms with E-state index in [-0.39, 0.29) is 24.7 Å². The number of hydrogen-bond acceptors (Lipinski definition) is 4. The zero-order chi connectivity index (χ0) is 16.2. The van der Waals surface area contributed by atoms with E-state index in [1.807, 2.05) is 30.3 Å². The Bertz CT molecular complexity index is 881. The molecule has 2 heterocycles. The van der Waals surface area contributed by atoms with Crippen molar-refractivity contribution in [3.8, 4) is 0 Å². The van der Waals surface area contributed by atoms with Gasteiger partial charge in [-0.2, -0.15) is 0 Å². The number of fused-ring (bicyclic) bond motifs is 1. The van der Waals surface area contributed by atoms with Crippen molar-refractivity contribution < 1.29 is 9.53 Å². The molecule has 6 nitrogen and oxygen atoms in total. The van der Waals surface area contributed by atoms with Crippen molar-refractivity contribution in [3.05, 3.63) is 64.8 Å². The van der Waals surface area contributed by atoms with E-state index in [4.69, 9.17) is 4.74 Å². The molecule has 2 aromatic heterocycles. The van der Waals surface area contributed by atoms with Crippen LogP contribution in [0, 0.1) is 0 Å². The highest BCUT2D eigenvalue weighted by Crippen LogP contribution is 2.12. The topological polar surface area (TPSA) is 66.1 Å². The summed E-state index contributed by atoms with van der Waals surface area (Å²) >= 11 is 0. The maximum atomic E-state index is 12.2. The third kappa shape index (κ3) is 3.15. The third-order valence-electron chi connectivity index (χ3n) is 3.70. The highest BCUT2D eigenvalue weighted by molar-refractivity contribution is 5.76. The number of esters is 1. The minimum Gasteiger partial charge on any atom is -0.459 e. The molecule has 0 aliphatic carbocycles. The van der Waals surface area contributed by atoms with Crippen molar-refractivity contribution in [2.24, 2.45) is 7.05 Å². The fraction of sp³-hybridized carbons (Fsp3) is 0.235. The SMILES string of the molecule is Cn1c(=O)n(CCC(=O)OCc2ccccn2)c2ccccc21. The van der Waals surface area contributed by atoms with E-state index in [0.717, 1.165) is 11.0 Å². The number of aromatic nitrogens is 3. The van der Waals surface area contributed by atoms with Gasteiger partial charge in [-0.05, 0) is 24.3 Å². The van der Waals surface area contributed by atoms with Gasteiger partial charge in [0.25, 0.3) is 0 Å². The zero-order valence-electron chi connectivity index (χ0n) is 12.8. The van der Waals surface area contributed by atoms with Crippen LogP contribution in [0.4, 0.5) is 0 Å². The zero-order valence-corrected chi connectivity index (χ0v) is 12.8. The molecule has 0 saturated carbocycles. The molecule has 0 aliphatic rings. The monoisotopic (exact) mass is 311 g/mol. The molecule has 0 aliphatic heterocycles. The van der Waals surface area contributed by atoms with Crippen LogP contribution in [0.15, 0.2) is 53.5 Å². The smallest absolute Gasteiger partial charge is 0.328 e. The number of carbonyl (C=O) groups is 1. The fourth-order valence-electron chi connectivity index (χ4n) is 2.49. The van der Waals surface area contributed by atoms with Crippen LogP contribution in [-0.4, -0.2) is 20.1 Å². The largest absolute Gasteiger partial charge is 0.459 e. The third-order valence-corrected chi connectivity index (χ3v) is 3.70. The summed E-state index contributed by atoms with van der Waals surface area (Å²) in [6.07, 6.45) is 1.79. The van der Waals surface area contributed by atoms with E-state index in [9.17, 15) is 9.59 Å². The first-order valence-electron chi connectivity index (χ1n) is 7.36. The number of imidazole rings is 1. The molecular formula is C17H17N3O3. The molecule has 0 saturated heterocycles. The van der Waals surface area contributed by atoms with E-state index in [0.29, 0.717) is 12.2 Å². The van der Waals surface area contributed by atoms with E-state index in [2.05, 4.69) is 4.98 Å². The summed E-state index contributed by atoms with van der Waals surface area (Å²) in [4.78, 5) is 28.2. The number of carbonyl (C=O) groups excluding carboxylic acids is 1. The van der Waals surface area contributed by atoms with Gasteiger partial charge in [-0.15, -0.1) is 0 Å². The van der Waals surface area contributed by atoms with Gasteiger partial charge in [0.1, 0.15) is 6.61 Å². The van der Waals surface area contributed by atoms with E-state index < -0.39 is 0 Å². The number of aryl methyl sites for hydroxylation is 2. The van der Waals surface area contributed by atoms with Crippen molar-refractivity contribution >= 4 is 17.0 Å². The summed E-state index contributed by atoms with van der Waals surface area (Å²) in [5.74, 6) is -0.351. The Labute approximate surface area is 132 Å². The quantitative estimate of drug-likeness (QED) is 0.675. The predicted molar refractivity (Wildman–Crippen MR) is 85.8 cm³/mol. The van der Waals surface area contributed by atoms with Gasteiger partial charge in [-0.25, -0.2) is 4.79 Å². The van der Waals surface area contributed by atoms with Crippen LogP contribution in [0.25, 0.3) is 11.0 Å².